The maximum absolute atomic E-state index is 12.4. The summed E-state index contributed by atoms with van der Waals surface area (Å²) in [5.41, 5.74) is 1.78. The van der Waals surface area contributed by atoms with E-state index >= 15 is 0 Å². The van der Waals surface area contributed by atoms with E-state index in [1.807, 2.05) is 6.07 Å². The number of aromatic nitrogens is 1. The van der Waals surface area contributed by atoms with Crippen LogP contribution >= 0.6 is 0 Å². The van der Waals surface area contributed by atoms with Crippen LogP contribution in [-0.2, 0) is 0 Å². The molecule has 0 unspecified atom stereocenters. The molecule has 2 aromatic rings. The summed E-state index contributed by atoms with van der Waals surface area (Å²) in [5.74, 6) is -0.549. The van der Waals surface area contributed by atoms with Gasteiger partial charge in [0.2, 0.25) is 0 Å². The Bertz CT molecular complexity index is 834. The highest BCUT2D eigenvalue weighted by molar-refractivity contribution is 6.05. The fourth-order valence-electron chi connectivity index (χ4n) is 3.04. The molecule has 26 heavy (non-hydrogen) atoms. The summed E-state index contributed by atoms with van der Waals surface area (Å²) < 4.78 is 0. The van der Waals surface area contributed by atoms with Gasteiger partial charge < -0.3 is 10.6 Å². The topological polar surface area (TPSA) is 94.9 Å². The summed E-state index contributed by atoms with van der Waals surface area (Å²) in [6.07, 6.45) is 8.38. The molecule has 0 saturated heterocycles. The highest BCUT2D eigenvalue weighted by atomic mass is 16.2. The molecule has 2 amide bonds. The van der Waals surface area contributed by atoms with Crippen LogP contribution in [0, 0.1) is 11.3 Å². The second kappa shape index (κ2) is 8.26. The number of nitrogens with one attached hydrogen (secondary N) is 2. The van der Waals surface area contributed by atoms with E-state index in [4.69, 9.17) is 5.26 Å². The van der Waals surface area contributed by atoms with Crippen molar-refractivity contribution in [3.63, 3.8) is 0 Å². The average molecular weight is 348 g/mol. The minimum atomic E-state index is -0.352. The van der Waals surface area contributed by atoms with Crippen LogP contribution in [-0.4, -0.2) is 22.8 Å². The quantitative estimate of drug-likeness (QED) is 0.886. The van der Waals surface area contributed by atoms with Crippen molar-refractivity contribution < 1.29 is 9.59 Å². The van der Waals surface area contributed by atoms with Crippen LogP contribution in [0.3, 0.4) is 0 Å². The van der Waals surface area contributed by atoms with Gasteiger partial charge in [0.25, 0.3) is 11.8 Å². The van der Waals surface area contributed by atoms with E-state index in [0.717, 1.165) is 25.7 Å². The molecule has 1 aliphatic carbocycles. The molecule has 3 rings (SSSR count). The third-order valence-corrected chi connectivity index (χ3v) is 4.47. The number of hydrogen-bond acceptors (Lipinski definition) is 4. The number of amides is 2. The smallest absolute Gasteiger partial charge is 0.257 e. The zero-order valence-electron chi connectivity index (χ0n) is 14.4. The molecule has 1 aromatic heterocycles. The first-order valence-corrected chi connectivity index (χ1v) is 8.73. The summed E-state index contributed by atoms with van der Waals surface area (Å²) in [7, 11) is 0. The molecular weight excluding hydrogens is 328 g/mol. The first kappa shape index (κ1) is 17.6. The molecule has 0 atom stereocenters. The SMILES string of the molecule is N#Cc1ccc(NC(=O)c2cncc(C(=O)NC3CCCCC3)c2)cc1. The number of carbonyl (C=O) groups is 2. The van der Waals surface area contributed by atoms with Gasteiger partial charge in [-0.15, -0.1) is 0 Å². The van der Waals surface area contributed by atoms with Gasteiger partial charge in [0.05, 0.1) is 22.8 Å². The first-order chi connectivity index (χ1) is 12.7. The van der Waals surface area contributed by atoms with Gasteiger partial charge in [-0.05, 0) is 43.2 Å². The number of pyridine rings is 1. The Balaban J connectivity index is 1.66. The largest absolute Gasteiger partial charge is 0.349 e. The lowest BCUT2D eigenvalue weighted by Crippen LogP contribution is -2.36. The first-order valence-electron chi connectivity index (χ1n) is 8.73. The highest BCUT2D eigenvalue weighted by Crippen LogP contribution is 2.18. The summed E-state index contributed by atoms with van der Waals surface area (Å²) >= 11 is 0. The Kier molecular flexibility index (Phi) is 5.59. The van der Waals surface area contributed by atoms with E-state index < -0.39 is 0 Å². The Morgan fingerprint density at radius 2 is 1.65 bits per heavy atom. The Hall–Kier alpha value is -3.20. The number of nitrogens with zero attached hydrogens (tertiary/aromatic N) is 2. The summed E-state index contributed by atoms with van der Waals surface area (Å²) in [4.78, 5) is 28.8. The van der Waals surface area contributed by atoms with Gasteiger partial charge in [-0.3, -0.25) is 14.6 Å². The van der Waals surface area contributed by atoms with Crippen molar-refractivity contribution in [1.82, 2.24) is 10.3 Å². The van der Waals surface area contributed by atoms with Crippen molar-refractivity contribution in [2.24, 2.45) is 0 Å². The lowest BCUT2D eigenvalue weighted by molar-refractivity contribution is 0.0927. The Morgan fingerprint density at radius 3 is 2.31 bits per heavy atom. The predicted molar refractivity (Wildman–Crippen MR) is 97.7 cm³/mol. The molecule has 1 heterocycles. The summed E-state index contributed by atoms with van der Waals surface area (Å²) in [6, 6.07) is 10.3. The molecule has 6 heteroatoms. The molecule has 0 aliphatic heterocycles. The van der Waals surface area contributed by atoms with Crippen molar-refractivity contribution in [2.45, 2.75) is 38.1 Å². The predicted octanol–water partition coefficient (Wildman–Crippen LogP) is 3.27. The molecule has 1 aliphatic rings. The summed E-state index contributed by atoms with van der Waals surface area (Å²) in [6.45, 7) is 0. The number of hydrogen-bond donors (Lipinski definition) is 2. The summed E-state index contributed by atoms with van der Waals surface area (Å²) in [5, 5.41) is 14.6. The standard InChI is InChI=1S/C20H20N4O2/c21-11-14-6-8-18(9-7-14)24-20(26)16-10-15(12-22-13-16)19(25)23-17-4-2-1-3-5-17/h6-10,12-13,17H,1-5H2,(H,23,25)(H,24,26). The van der Waals surface area contributed by atoms with Gasteiger partial charge in [0.1, 0.15) is 0 Å². The number of anilines is 1. The number of rotatable bonds is 4. The van der Waals surface area contributed by atoms with Gasteiger partial charge >= 0.3 is 0 Å². The van der Waals surface area contributed by atoms with Crippen molar-refractivity contribution >= 4 is 17.5 Å². The van der Waals surface area contributed by atoms with E-state index in [9.17, 15) is 9.59 Å². The van der Waals surface area contributed by atoms with Crippen molar-refractivity contribution in [2.75, 3.05) is 5.32 Å². The van der Waals surface area contributed by atoms with Gasteiger partial charge in [0, 0.05) is 24.1 Å². The molecule has 0 radical (unpaired) electrons. The molecule has 1 saturated carbocycles. The number of carbonyl (C=O) groups excluding carboxylic acids is 2. The monoisotopic (exact) mass is 348 g/mol. The molecule has 0 spiro atoms. The van der Waals surface area contributed by atoms with Crippen LogP contribution < -0.4 is 10.6 Å². The van der Waals surface area contributed by atoms with E-state index in [1.54, 1.807) is 30.3 Å². The van der Waals surface area contributed by atoms with E-state index in [0.29, 0.717) is 22.4 Å². The van der Waals surface area contributed by atoms with Gasteiger partial charge in [0.15, 0.2) is 0 Å². The Labute approximate surface area is 152 Å². The van der Waals surface area contributed by atoms with E-state index in [2.05, 4.69) is 15.6 Å². The highest BCUT2D eigenvalue weighted by Gasteiger charge is 2.18. The number of benzene rings is 1. The van der Waals surface area contributed by atoms with Crippen molar-refractivity contribution in [3.8, 4) is 6.07 Å². The fourth-order valence-corrected chi connectivity index (χ4v) is 3.04. The van der Waals surface area contributed by atoms with Crippen LogP contribution in [0.1, 0.15) is 58.4 Å². The number of nitriles is 1. The minimum absolute atomic E-state index is 0.197. The normalized spacial score (nSPS) is 14.3. The lowest BCUT2D eigenvalue weighted by Gasteiger charge is -2.22. The molecule has 6 nitrogen and oxygen atoms in total. The minimum Gasteiger partial charge on any atom is -0.349 e. The van der Waals surface area contributed by atoms with Crippen LogP contribution in [0.2, 0.25) is 0 Å². The molecule has 1 aromatic carbocycles. The van der Waals surface area contributed by atoms with E-state index in [1.165, 1.54) is 18.8 Å². The van der Waals surface area contributed by atoms with Crippen LogP contribution in [0.25, 0.3) is 0 Å². The second-order valence-corrected chi connectivity index (χ2v) is 6.41. The zero-order chi connectivity index (χ0) is 18.4. The molecule has 2 N–H and O–H groups in total. The van der Waals surface area contributed by atoms with Gasteiger partial charge in [-0.1, -0.05) is 19.3 Å². The lowest BCUT2D eigenvalue weighted by atomic mass is 9.95. The molecular formula is C20H20N4O2. The Morgan fingerprint density at radius 1 is 1.00 bits per heavy atom. The third-order valence-electron chi connectivity index (χ3n) is 4.47. The molecule has 132 valence electrons. The zero-order valence-corrected chi connectivity index (χ0v) is 14.4. The molecule has 1 fully saturated rings. The van der Waals surface area contributed by atoms with Crippen molar-refractivity contribution in [1.29, 1.82) is 5.26 Å². The third kappa shape index (κ3) is 4.45. The van der Waals surface area contributed by atoms with E-state index in [-0.39, 0.29) is 17.9 Å². The maximum atomic E-state index is 12.4. The second-order valence-electron chi connectivity index (χ2n) is 6.41. The van der Waals surface area contributed by atoms with Crippen LogP contribution in [0.15, 0.2) is 42.7 Å². The maximum Gasteiger partial charge on any atom is 0.257 e. The van der Waals surface area contributed by atoms with Crippen molar-refractivity contribution in [3.05, 3.63) is 59.4 Å². The van der Waals surface area contributed by atoms with Crippen LogP contribution in [0.4, 0.5) is 5.69 Å². The van der Waals surface area contributed by atoms with Gasteiger partial charge in [-0.25, -0.2) is 0 Å². The van der Waals surface area contributed by atoms with Gasteiger partial charge in [-0.2, -0.15) is 5.26 Å². The van der Waals surface area contributed by atoms with Crippen LogP contribution in [0.5, 0.6) is 0 Å². The average Bonchev–Trinajstić information content (AvgIpc) is 2.69. The fraction of sp³-hybridized carbons (Fsp3) is 0.300. The molecule has 0 bridgehead atoms.